The summed E-state index contributed by atoms with van der Waals surface area (Å²) in [7, 11) is 0. The normalized spacial score (nSPS) is 22.4. The van der Waals surface area contributed by atoms with Gasteiger partial charge in [0.15, 0.2) is 0 Å². The Bertz CT molecular complexity index is 452. The van der Waals surface area contributed by atoms with Crippen molar-refractivity contribution in [3.05, 3.63) is 28.2 Å². The second-order valence-corrected chi connectivity index (χ2v) is 6.88. The average Bonchev–Trinajstić information content (AvgIpc) is 2.98. The summed E-state index contributed by atoms with van der Waals surface area (Å²) in [6.45, 7) is 5.59. The zero-order valence-electron chi connectivity index (χ0n) is 11.9. The van der Waals surface area contributed by atoms with Gasteiger partial charge in [-0.05, 0) is 36.6 Å². The fourth-order valence-corrected chi connectivity index (χ4v) is 3.85. The number of piperazine rings is 1. The molecule has 1 heterocycles. The van der Waals surface area contributed by atoms with Crippen LogP contribution in [0.2, 0.25) is 0 Å². The highest BCUT2D eigenvalue weighted by Crippen LogP contribution is 2.26. The third kappa shape index (κ3) is 3.35. The van der Waals surface area contributed by atoms with E-state index in [1.54, 1.807) is 6.07 Å². The van der Waals surface area contributed by atoms with Crippen molar-refractivity contribution in [1.82, 2.24) is 9.80 Å². The molecule has 0 bridgehead atoms. The number of hydrogen-bond acceptors (Lipinski definition) is 3. The van der Waals surface area contributed by atoms with Crippen LogP contribution in [0.15, 0.2) is 22.7 Å². The average molecular weight is 339 g/mol. The lowest BCUT2D eigenvalue weighted by atomic mass is 10.1. The molecule has 1 aromatic carbocycles. The SMILES string of the molecule is Oc1ccc(Br)c(CN2CCN(C3CCCC3)CC2)c1. The zero-order valence-corrected chi connectivity index (χ0v) is 13.5. The monoisotopic (exact) mass is 338 g/mol. The van der Waals surface area contributed by atoms with Crippen LogP contribution in [-0.4, -0.2) is 47.1 Å². The van der Waals surface area contributed by atoms with Gasteiger partial charge in [-0.3, -0.25) is 9.80 Å². The second-order valence-electron chi connectivity index (χ2n) is 6.03. The third-order valence-electron chi connectivity index (χ3n) is 4.67. The maximum absolute atomic E-state index is 9.61. The number of rotatable bonds is 3. The Kier molecular flexibility index (Phi) is 4.64. The maximum atomic E-state index is 9.61. The Morgan fingerprint density at radius 2 is 1.80 bits per heavy atom. The van der Waals surface area contributed by atoms with Crippen LogP contribution in [0.4, 0.5) is 0 Å². The predicted molar refractivity (Wildman–Crippen MR) is 84.9 cm³/mol. The van der Waals surface area contributed by atoms with E-state index in [0.717, 1.165) is 30.1 Å². The Morgan fingerprint density at radius 1 is 1.10 bits per heavy atom. The summed E-state index contributed by atoms with van der Waals surface area (Å²) in [5.74, 6) is 0.354. The van der Waals surface area contributed by atoms with E-state index >= 15 is 0 Å². The van der Waals surface area contributed by atoms with Crippen LogP contribution in [0, 0.1) is 0 Å². The van der Waals surface area contributed by atoms with Crippen LogP contribution < -0.4 is 0 Å². The lowest BCUT2D eigenvalue weighted by Gasteiger charge is -2.38. The molecule has 0 atom stereocenters. The fourth-order valence-electron chi connectivity index (χ4n) is 3.48. The first kappa shape index (κ1) is 14.4. The molecular weight excluding hydrogens is 316 g/mol. The van der Waals surface area contributed by atoms with E-state index in [4.69, 9.17) is 0 Å². The number of hydrogen-bond donors (Lipinski definition) is 1. The van der Waals surface area contributed by atoms with Crippen LogP contribution in [0.25, 0.3) is 0 Å². The van der Waals surface area contributed by atoms with Crippen molar-refractivity contribution in [3.63, 3.8) is 0 Å². The predicted octanol–water partition coefficient (Wildman–Crippen LogP) is 3.21. The molecule has 0 aromatic heterocycles. The maximum Gasteiger partial charge on any atom is 0.115 e. The number of nitrogens with zero attached hydrogens (tertiary/aromatic N) is 2. The molecule has 1 saturated carbocycles. The highest BCUT2D eigenvalue weighted by Gasteiger charge is 2.26. The second kappa shape index (κ2) is 6.46. The van der Waals surface area contributed by atoms with E-state index in [2.05, 4.69) is 25.7 Å². The lowest BCUT2D eigenvalue weighted by Crippen LogP contribution is -2.49. The van der Waals surface area contributed by atoms with E-state index < -0.39 is 0 Å². The Balaban J connectivity index is 1.54. The van der Waals surface area contributed by atoms with Crippen LogP contribution in [0.5, 0.6) is 5.75 Å². The topological polar surface area (TPSA) is 26.7 Å². The molecule has 1 N–H and O–H groups in total. The lowest BCUT2D eigenvalue weighted by molar-refractivity contribution is 0.0935. The van der Waals surface area contributed by atoms with Gasteiger partial charge in [0.25, 0.3) is 0 Å². The summed E-state index contributed by atoms with van der Waals surface area (Å²) in [6.07, 6.45) is 5.64. The number of phenols is 1. The van der Waals surface area contributed by atoms with Crippen molar-refractivity contribution in [2.24, 2.45) is 0 Å². The van der Waals surface area contributed by atoms with Crippen molar-refractivity contribution < 1.29 is 5.11 Å². The highest BCUT2D eigenvalue weighted by atomic mass is 79.9. The molecule has 0 unspecified atom stereocenters. The molecule has 3 rings (SSSR count). The molecule has 0 radical (unpaired) electrons. The summed E-state index contributed by atoms with van der Waals surface area (Å²) < 4.78 is 1.09. The molecule has 0 amide bonds. The van der Waals surface area contributed by atoms with Crippen molar-refractivity contribution in [1.29, 1.82) is 0 Å². The molecule has 1 saturated heterocycles. The first-order valence-corrected chi connectivity index (χ1v) is 8.45. The summed E-state index contributed by atoms with van der Waals surface area (Å²) in [4.78, 5) is 5.17. The summed E-state index contributed by atoms with van der Waals surface area (Å²) in [5, 5.41) is 9.61. The van der Waals surface area contributed by atoms with Gasteiger partial charge in [0.05, 0.1) is 0 Å². The number of phenolic OH excluding ortho intramolecular Hbond substituents is 1. The minimum atomic E-state index is 0.354. The van der Waals surface area contributed by atoms with Crippen LogP contribution in [0.1, 0.15) is 31.2 Å². The minimum Gasteiger partial charge on any atom is -0.508 e. The zero-order chi connectivity index (χ0) is 13.9. The highest BCUT2D eigenvalue weighted by molar-refractivity contribution is 9.10. The molecule has 4 heteroatoms. The molecule has 110 valence electrons. The minimum absolute atomic E-state index is 0.354. The quantitative estimate of drug-likeness (QED) is 0.916. The molecule has 3 nitrogen and oxygen atoms in total. The van der Waals surface area contributed by atoms with Gasteiger partial charge in [0.2, 0.25) is 0 Å². The van der Waals surface area contributed by atoms with Gasteiger partial charge < -0.3 is 5.11 Å². The third-order valence-corrected chi connectivity index (χ3v) is 5.44. The van der Waals surface area contributed by atoms with E-state index in [-0.39, 0.29) is 0 Å². The molecule has 20 heavy (non-hydrogen) atoms. The van der Waals surface area contributed by atoms with Crippen molar-refractivity contribution in [2.75, 3.05) is 26.2 Å². The van der Waals surface area contributed by atoms with Gasteiger partial charge in [-0.1, -0.05) is 28.8 Å². The van der Waals surface area contributed by atoms with Gasteiger partial charge in [-0.2, -0.15) is 0 Å². The number of aromatic hydroxyl groups is 1. The molecular formula is C16H23BrN2O. The first-order valence-electron chi connectivity index (χ1n) is 7.66. The van der Waals surface area contributed by atoms with Crippen molar-refractivity contribution in [3.8, 4) is 5.75 Å². The van der Waals surface area contributed by atoms with Gasteiger partial charge >= 0.3 is 0 Å². The van der Waals surface area contributed by atoms with E-state index in [9.17, 15) is 5.11 Å². The molecule has 2 fully saturated rings. The number of benzene rings is 1. The Hall–Kier alpha value is -0.580. The van der Waals surface area contributed by atoms with Crippen molar-refractivity contribution >= 4 is 15.9 Å². The summed E-state index contributed by atoms with van der Waals surface area (Å²) in [5.41, 5.74) is 1.18. The summed E-state index contributed by atoms with van der Waals surface area (Å²) >= 11 is 3.57. The van der Waals surface area contributed by atoms with Gasteiger partial charge in [-0.25, -0.2) is 0 Å². The van der Waals surface area contributed by atoms with Gasteiger partial charge in [-0.15, -0.1) is 0 Å². The molecule has 0 spiro atoms. The standard InChI is InChI=1S/C16H23BrN2O/c17-16-6-5-15(20)11-13(16)12-18-7-9-19(10-8-18)14-3-1-2-4-14/h5-6,11,14,20H,1-4,7-10,12H2. The smallest absolute Gasteiger partial charge is 0.115 e. The van der Waals surface area contributed by atoms with E-state index in [0.29, 0.717) is 5.75 Å². The van der Waals surface area contributed by atoms with Crippen LogP contribution >= 0.6 is 15.9 Å². The Labute approximate surface area is 129 Å². The van der Waals surface area contributed by atoms with E-state index in [1.807, 2.05) is 12.1 Å². The first-order chi connectivity index (χ1) is 9.72. The summed E-state index contributed by atoms with van der Waals surface area (Å²) in [6, 6.07) is 6.38. The largest absolute Gasteiger partial charge is 0.508 e. The molecule has 1 aromatic rings. The van der Waals surface area contributed by atoms with Crippen LogP contribution in [-0.2, 0) is 6.54 Å². The number of halogens is 1. The Morgan fingerprint density at radius 3 is 2.50 bits per heavy atom. The van der Waals surface area contributed by atoms with Crippen LogP contribution in [0.3, 0.4) is 0 Å². The van der Waals surface area contributed by atoms with Gasteiger partial charge in [0, 0.05) is 43.2 Å². The molecule has 1 aliphatic carbocycles. The molecule has 1 aliphatic heterocycles. The van der Waals surface area contributed by atoms with Crippen molar-refractivity contribution in [2.45, 2.75) is 38.3 Å². The molecule has 2 aliphatic rings. The van der Waals surface area contributed by atoms with E-state index in [1.165, 1.54) is 44.3 Å². The fraction of sp³-hybridized carbons (Fsp3) is 0.625. The van der Waals surface area contributed by atoms with Gasteiger partial charge in [0.1, 0.15) is 5.75 Å².